The highest BCUT2D eigenvalue weighted by molar-refractivity contribution is 5.79. The van der Waals surface area contributed by atoms with Crippen molar-refractivity contribution >= 4 is 5.91 Å². The van der Waals surface area contributed by atoms with E-state index in [1.807, 2.05) is 0 Å². The molecule has 2 rings (SSSR count). The lowest BCUT2D eigenvalue weighted by molar-refractivity contribution is -0.141. The van der Waals surface area contributed by atoms with Gasteiger partial charge in [-0.05, 0) is 33.2 Å². The minimum absolute atomic E-state index is 0.185. The summed E-state index contributed by atoms with van der Waals surface area (Å²) >= 11 is 0. The Morgan fingerprint density at radius 3 is 2.71 bits per heavy atom. The van der Waals surface area contributed by atoms with E-state index in [1.165, 1.54) is 0 Å². The topological polar surface area (TPSA) is 49.6 Å². The second-order valence-electron chi connectivity index (χ2n) is 5.77. The van der Waals surface area contributed by atoms with Crippen molar-refractivity contribution in [2.45, 2.75) is 44.7 Å². The maximum absolute atomic E-state index is 12.5. The lowest BCUT2D eigenvalue weighted by atomic mass is 9.85. The van der Waals surface area contributed by atoms with E-state index in [4.69, 9.17) is 5.73 Å². The molecule has 2 fully saturated rings. The van der Waals surface area contributed by atoms with E-state index in [0.29, 0.717) is 11.9 Å². The summed E-state index contributed by atoms with van der Waals surface area (Å²) in [4.78, 5) is 16.8. The zero-order valence-corrected chi connectivity index (χ0v) is 11.1. The van der Waals surface area contributed by atoms with Crippen LogP contribution in [0.1, 0.15) is 32.6 Å². The van der Waals surface area contributed by atoms with Gasteiger partial charge in [-0.3, -0.25) is 4.79 Å². The molecule has 1 aliphatic carbocycles. The Bertz CT molecular complexity index is 282. The van der Waals surface area contributed by atoms with Crippen molar-refractivity contribution in [2.75, 3.05) is 26.7 Å². The number of carbonyl (C=O) groups is 1. The average Bonchev–Trinajstić information content (AvgIpc) is 2.28. The Labute approximate surface area is 104 Å². The Balaban J connectivity index is 1.94. The maximum atomic E-state index is 12.5. The second kappa shape index (κ2) is 5.36. The van der Waals surface area contributed by atoms with E-state index in [-0.39, 0.29) is 12.0 Å². The van der Waals surface area contributed by atoms with E-state index in [2.05, 4.69) is 23.8 Å². The highest BCUT2D eigenvalue weighted by atomic mass is 16.2. The summed E-state index contributed by atoms with van der Waals surface area (Å²) in [6.45, 7) is 5.01. The molecule has 3 unspecified atom stereocenters. The first-order chi connectivity index (χ1) is 8.08. The molecule has 4 nitrogen and oxygen atoms in total. The predicted octanol–water partition coefficient (Wildman–Crippen LogP) is 0.666. The number of likely N-dealkylation sites (N-methyl/N-ethyl adjacent to an activating group) is 1. The van der Waals surface area contributed by atoms with Crippen molar-refractivity contribution in [1.82, 2.24) is 9.80 Å². The first-order valence-corrected chi connectivity index (χ1v) is 6.82. The molecule has 1 saturated heterocycles. The Morgan fingerprint density at radius 1 is 1.29 bits per heavy atom. The molecular formula is C13H25N3O. The third-order valence-electron chi connectivity index (χ3n) is 4.18. The molecule has 3 atom stereocenters. The first kappa shape index (κ1) is 12.8. The van der Waals surface area contributed by atoms with Gasteiger partial charge in [0.05, 0.1) is 0 Å². The van der Waals surface area contributed by atoms with Crippen LogP contribution in [0.4, 0.5) is 0 Å². The zero-order valence-electron chi connectivity index (χ0n) is 11.1. The highest BCUT2D eigenvalue weighted by Crippen LogP contribution is 2.26. The van der Waals surface area contributed by atoms with Gasteiger partial charge in [0.25, 0.3) is 0 Å². The minimum atomic E-state index is 0.185. The van der Waals surface area contributed by atoms with Gasteiger partial charge in [-0.15, -0.1) is 0 Å². The highest BCUT2D eigenvalue weighted by Gasteiger charge is 2.32. The zero-order chi connectivity index (χ0) is 12.4. The van der Waals surface area contributed by atoms with Crippen LogP contribution < -0.4 is 5.73 Å². The van der Waals surface area contributed by atoms with Crippen LogP contribution in [0.5, 0.6) is 0 Å². The predicted molar refractivity (Wildman–Crippen MR) is 68.6 cm³/mol. The van der Waals surface area contributed by atoms with Crippen molar-refractivity contribution in [3.05, 3.63) is 0 Å². The number of carbonyl (C=O) groups excluding carboxylic acids is 1. The number of piperazine rings is 1. The van der Waals surface area contributed by atoms with Gasteiger partial charge in [-0.25, -0.2) is 0 Å². The van der Waals surface area contributed by atoms with Crippen molar-refractivity contribution in [3.8, 4) is 0 Å². The molecular weight excluding hydrogens is 214 g/mol. The average molecular weight is 239 g/mol. The summed E-state index contributed by atoms with van der Waals surface area (Å²) in [5.74, 6) is 0.533. The van der Waals surface area contributed by atoms with E-state index < -0.39 is 0 Å². The van der Waals surface area contributed by atoms with Gasteiger partial charge in [0, 0.05) is 37.6 Å². The number of hydrogen-bond acceptors (Lipinski definition) is 3. The van der Waals surface area contributed by atoms with E-state index in [1.54, 1.807) is 0 Å². The van der Waals surface area contributed by atoms with Gasteiger partial charge in [0.1, 0.15) is 0 Å². The minimum Gasteiger partial charge on any atom is -0.337 e. The normalized spacial score (nSPS) is 35.9. The van der Waals surface area contributed by atoms with Crippen molar-refractivity contribution in [3.63, 3.8) is 0 Å². The standard InChI is InChI=1S/C13H25N3O/c1-10-9-15(2)6-7-16(10)13(17)11-4-3-5-12(14)8-11/h10-12H,3-9,14H2,1-2H3. The number of rotatable bonds is 1. The van der Waals surface area contributed by atoms with Crippen LogP contribution in [0.15, 0.2) is 0 Å². The van der Waals surface area contributed by atoms with Gasteiger partial charge >= 0.3 is 0 Å². The fraction of sp³-hybridized carbons (Fsp3) is 0.923. The van der Waals surface area contributed by atoms with E-state index in [9.17, 15) is 4.79 Å². The Hall–Kier alpha value is -0.610. The second-order valence-corrected chi connectivity index (χ2v) is 5.77. The molecule has 0 radical (unpaired) electrons. The summed E-state index contributed by atoms with van der Waals surface area (Å²) in [5, 5.41) is 0. The van der Waals surface area contributed by atoms with Crippen LogP contribution in [-0.4, -0.2) is 54.5 Å². The molecule has 0 aromatic rings. The van der Waals surface area contributed by atoms with Crippen molar-refractivity contribution < 1.29 is 4.79 Å². The van der Waals surface area contributed by atoms with Gasteiger partial charge in [-0.1, -0.05) is 6.42 Å². The number of hydrogen-bond donors (Lipinski definition) is 1. The molecule has 98 valence electrons. The van der Waals surface area contributed by atoms with Gasteiger partial charge in [0.2, 0.25) is 5.91 Å². The lowest BCUT2D eigenvalue weighted by Gasteiger charge is -2.41. The SMILES string of the molecule is CC1CN(C)CCN1C(=O)C1CCCC(N)C1. The summed E-state index contributed by atoms with van der Waals surface area (Å²) in [5.41, 5.74) is 5.97. The molecule has 2 aliphatic rings. The third kappa shape index (κ3) is 2.99. The monoisotopic (exact) mass is 239 g/mol. The van der Waals surface area contributed by atoms with Gasteiger partial charge in [-0.2, -0.15) is 0 Å². The summed E-state index contributed by atoms with van der Waals surface area (Å²) in [6, 6.07) is 0.583. The van der Waals surface area contributed by atoms with Crippen LogP contribution in [0.2, 0.25) is 0 Å². The first-order valence-electron chi connectivity index (χ1n) is 6.82. The number of nitrogens with two attached hydrogens (primary N) is 1. The molecule has 0 aromatic heterocycles. The quantitative estimate of drug-likeness (QED) is 0.731. The summed E-state index contributed by atoms with van der Waals surface area (Å²) in [7, 11) is 2.12. The largest absolute Gasteiger partial charge is 0.337 e. The fourth-order valence-electron chi connectivity index (χ4n) is 3.15. The Kier molecular flexibility index (Phi) is 4.05. The number of amides is 1. The van der Waals surface area contributed by atoms with Crippen LogP contribution >= 0.6 is 0 Å². The van der Waals surface area contributed by atoms with Crippen LogP contribution in [0.25, 0.3) is 0 Å². The smallest absolute Gasteiger partial charge is 0.226 e. The van der Waals surface area contributed by atoms with E-state index >= 15 is 0 Å². The van der Waals surface area contributed by atoms with Gasteiger partial charge < -0.3 is 15.5 Å². The fourth-order valence-corrected chi connectivity index (χ4v) is 3.15. The van der Waals surface area contributed by atoms with Crippen LogP contribution in [-0.2, 0) is 4.79 Å². The number of nitrogens with zero attached hydrogens (tertiary/aromatic N) is 2. The van der Waals surface area contributed by atoms with E-state index in [0.717, 1.165) is 45.3 Å². The Morgan fingerprint density at radius 2 is 2.06 bits per heavy atom. The maximum Gasteiger partial charge on any atom is 0.226 e. The lowest BCUT2D eigenvalue weighted by Crippen LogP contribution is -2.54. The molecule has 2 N–H and O–H groups in total. The molecule has 0 bridgehead atoms. The summed E-state index contributed by atoms with van der Waals surface area (Å²) < 4.78 is 0. The van der Waals surface area contributed by atoms with Gasteiger partial charge in [0.15, 0.2) is 0 Å². The molecule has 1 saturated carbocycles. The molecule has 0 spiro atoms. The van der Waals surface area contributed by atoms with Crippen molar-refractivity contribution in [1.29, 1.82) is 0 Å². The molecule has 1 amide bonds. The third-order valence-corrected chi connectivity index (χ3v) is 4.18. The summed E-state index contributed by atoms with van der Waals surface area (Å²) in [6.07, 6.45) is 4.12. The van der Waals surface area contributed by atoms with Crippen LogP contribution in [0.3, 0.4) is 0 Å². The van der Waals surface area contributed by atoms with Crippen LogP contribution in [0, 0.1) is 5.92 Å². The molecule has 0 aromatic carbocycles. The molecule has 4 heteroatoms. The molecule has 1 aliphatic heterocycles. The molecule has 17 heavy (non-hydrogen) atoms. The molecule has 1 heterocycles. The van der Waals surface area contributed by atoms with Crippen molar-refractivity contribution in [2.24, 2.45) is 11.7 Å².